The molecule has 1 heterocycles. The van der Waals surface area contributed by atoms with E-state index >= 15 is 0 Å². The Kier molecular flexibility index (Phi) is 5.29. The summed E-state index contributed by atoms with van der Waals surface area (Å²) >= 11 is 3.64. The number of hydrogen-bond acceptors (Lipinski definition) is 3. The Hall–Kier alpha value is -0.770. The minimum Gasteiger partial charge on any atom is -0.313 e. The van der Waals surface area contributed by atoms with E-state index in [-0.39, 0.29) is 0 Å². The van der Waals surface area contributed by atoms with Crippen LogP contribution in [0.5, 0.6) is 0 Å². The van der Waals surface area contributed by atoms with E-state index in [1.165, 1.54) is 26.7 Å². The van der Waals surface area contributed by atoms with Crippen molar-refractivity contribution in [2.75, 3.05) is 6.54 Å². The second-order valence-electron chi connectivity index (χ2n) is 4.30. The summed E-state index contributed by atoms with van der Waals surface area (Å²) in [4.78, 5) is 1.33. The monoisotopic (exact) mass is 277 g/mol. The van der Waals surface area contributed by atoms with Crippen LogP contribution < -0.4 is 5.32 Å². The summed E-state index contributed by atoms with van der Waals surface area (Å²) in [5.74, 6) is 0. The second-order valence-corrected chi connectivity index (χ2v) is 6.62. The molecule has 0 spiro atoms. The molecule has 1 aromatic heterocycles. The Bertz CT molecular complexity index is 477. The molecule has 18 heavy (non-hydrogen) atoms. The molecule has 0 radical (unpaired) electrons. The number of rotatable bonds is 6. The topological polar surface area (TPSA) is 12.0 Å². The molecule has 0 atom stereocenters. The van der Waals surface area contributed by atoms with Crippen molar-refractivity contribution in [3.05, 3.63) is 46.8 Å². The molecule has 0 aliphatic carbocycles. The summed E-state index contributed by atoms with van der Waals surface area (Å²) in [6.07, 6.45) is 1.19. The largest absolute Gasteiger partial charge is 0.313 e. The third-order valence-corrected chi connectivity index (χ3v) is 4.80. The predicted octanol–water partition coefficient (Wildman–Crippen LogP) is 4.71. The number of thiophene rings is 1. The average molecular weight is 277 g/mol. The normalized spacial score (nSPS) is 10.8. The average Bonchev–Trinajstić information content (AvgIpc) is 2.85. The number of benzene rings is 1. The van der Waals surface area contributed by atoms with Gasteiger partial charge in [0.05, 0.1) is 4.21 Å². The lowest BCUT2D eigenvalue weighted by Crippen LogP contribution is -2.14. The maximum atomic E-state index is 3.45. The zero-order chi connectivity index (χ0) is 12.8. The van der Waals surface area contributed by atoms with Gasteiger partial charge in [-0.25, -0.2) is 0 Å². The molecule has 0 amide bonds. The van der Waals surface area contributed by atoms with E-state index in [0.717, 1.165) is 13.1 Å². The van der Waals surface area contributed by atoms with Crippen molar-refractivity contribution in [3.8, 4) is 0 Å². The Morgan fingerprint density at radius 1 is 1.28 bits per heavy atom. The highest BCUT2D eigenvalue weighted by molar-refractivity contribution is 8.01. The summed E-state index contributed by atoms with van der Waals surface area (Å²) < 4.78 is 1.35. The molecule has 96 valence electrons. The third-order valence-electron chi connectivity index (χ3n) is 2.77. The van der Waals surface area contributed by atoms with E-state index in [0.29, 0.717) is 0 Å². The van der Waals surface area contributed by atoms with Gasteiger partial charge in [-0.3, -0.25) is 0 Å². The van der Waals surface area contributed by atoms with Gasteiger partial charge in [0.1, 0.15) is 0 Å². The van der Waals surface area contributed by atoms with E-state index in [2.05, 4.69) is 54.9 Å². The summed E-state index contributed by atoms with van der Waals surface area (Å²) in [6.45, 7) is 6.46. The fraction of sp³-hybridized carbons (Fsp3) is 0.333. The highest BCUT2D eigenvalue weighted by Crippen LogP contribution is 2.32. The van der Waals surface area contributed by atoms with Gasteiger partial charge in [0.25, 0.3) is 0 Å². The van der Waals surface area contributed by atoms with Gasteiger partial charge in [0.15, 0.2) is 0 Å². The van der Waals surface area contributed by atoms with Crippen LogP contribution in [0, 0.1) is 6.92 Å². The lowest BCUT2D eigenvalue weighted by molar-refractivity contribution is 0.673. The fourth-order valence-corrected chi connectivity index (χ4v) is 3.61. The van der Waals surface area contributed by atoms with Crippen LogP contribution in [-0.2, 0) is 6.54 Å². The zero-order valence-corrected chi connectivity index (χ0v) is 12.5. The molecule has 0 saturated heterocycles. The molecule has 1 N–H and O–H groups in total. The predicted molar refractivity (Wildman–Crippen MR) is 81.6 cm³/mol. The second kappa shape index (κ2) is 6.98. The molecule has 2 rings (SSSR count). The molecule has 0 bridgehead atoms. The number of hydrogen-bond donors (Lipinski definition) is 1. The standard InChI is InChI=1S/C15H19NS2/c1-3-8-16-11-13-6-7-14(10-12(13)2)18-15-5-4-9-17-15/h4-7,9-10,16H,3,8,11H2,1-2H3. The van der Waals surface area contributed by atoms with Crippen molar-refractivity contribution in [1.29, 1.82) is 0 Å². The molecule has 1 nitrogen and oxygen atoms in total. The van der Waals surface area contributed by atoms with E-state index in [1.54, 1.807) is 11.3 Å². The lowest BCUT2D eigenvalue weighted by atomic mass is 10.1. The minimum absolute atomic E-state index is 0.976. The maximum Gasteiger partial charge on any atom is 0.0646 e. The first kappa shape index (κ1) is 13.7. The van der Waals surface area contributed by atoms with E-state index < -0.39 is 0 Å². The fourth-order valence-electron chi connectivity index (χ4n) is 1.77. The van der Waals surface area contributed by atoms with Crippen LogP contribution in [0.3, 0.4) is 0 Å². The molecule has 1 aromatic carbocycles. The highest BCUT2D eigenvalue weighted by atomic mass is 32.2. The van der Waals surface area contributed by atoms with Crippen molar-refractivity contribution in [2.24, 2.45) is 0 Å². The quantitative estimate of drug-likeness (QED) is 0.768. The van der Waals surface area contributed by atoms with Crippen molar-refractivity contribution < 1.29 is 0 Å². The Labute approximate surface area is 118 Å². The first-order valence-electron chi connectivity index (χ1n) is 6.31. The Balaban J connectivity index is 2.00. The van der Waals surface area contributed by atoms with Crippen LogP contribution in [0.4, 0.5) is 0 Å². The molecular weight excluding hydrogens is 258 g/mol. The van der Waals surface area contributed by atoms with E-state index in [1.807, 2.05) is 11.8 Å². The summed E-state index contributed by atoms with van der Waals surface area (Å²) in [6, 6.07) is 11.0. The van der Waals surface area contributed by atoms with Gasteiger partial charge in [-0.1, -0.05) is 30.8 Å². The Morgan fingerprint density at radius 2 is 2.17 bits per heavy atom. The van der Waals surface area contributed by atoms with Gasteiger partial charge >= 0.3 is 0 Å². The summed E-state index contributed by atoms with van der Waals surface area (Å²) in [5, 5.41) is 5.58. The SMILES string of the molecule is CCCNCc1ccc(Sc2cccs2)cc1C. The summed E-state index contributed by atoms with van der Waals surface area (Å²) in [5.41, 5.74) is 2.78. The van der Waals surface area contributed by atoms with Gasteiger partial charge in [0, 0.05) is 11.4 Å². The van der Waals surface area contributed by atoms with Crippen molar-refractivity contribution in [2.45, 2.75) is 35.9 Å². The van der Waals surface area contributed by atoms with Crippen LogP contribution in [0.25, 0.3) is 0 Å². The molecule has 0 aliphatic rings. The molecule has 0 aliphatic heterocycles. The molecule has 3 heteroatoms. The van der Waals surface area contributed by atoms with Crippen LogP contribution in [-0.4, -0.2) is 6.54 Å². The number of aryl methyl sites for hydroxylation is 1. The first-order chi connectivity index (χ1) is 8.79. The van der Waals surface area contributed by atoms with Gasteiger partial charge in [-0.15, -0.1) is 11.3 Å². The maximum absolute atomic E-state index is 3.45. The van der Waals surface area contributed by atoms with Crippen LogP contribution in [0.15, 0.2) is 44.8 Å². The van der Waals surface area contributed by atoms with Crippen molar-refractivity contribution >= 4 is 23.1 Å². The van der Waals surface area contributed by atoms with E-state index in [9.17, 15) is 0 Å². The van der Waals surface area contributed by atoms with Gasteiger partial charge < -0.3 is 5.32 Å². The third kappa shape index (κ3) is 3.87. The lowest BCUT2D eigenvalue weighted by Gasteiger charge is -2.08. The zero-order valence-electron chi connectivity index (χ0n) is 10.9. The molecule has 2 aromatic rings. The first-order valence-corrected chi connectivity index (χ1v) is 8.01. The van der Waals surface area contributed by atoms with Crippen LogP contribution >= 0.6 is 23.1 Å². The van der Waals surface area contributed by atoms with Gasteiger partial charge in [-0.05, 0) is 54.6 Å². The highest BCUT2D eigenvalue weighted by Gasteiger charge is 2.02. The summed E-state index contributed by atoms with van der Waals surface area (Å²) in [7, 11) is 0. The molecule has 0 saturated carbocycles. The molecule has 0 unspecified atom stereocenters. The van der Waals surface area contributed by atoms with Crippen molar-refractivity contribution in [1.82, 2.24) is 5.32 Å². The van der Waals surface area contributed by atoms with Crippen molar-refractivity contribution in [3.63, 3.8) is 0 Å². The van der Waals surface area contributed by atoms with Gasteiger partial charge in [-0.2, -0.15) is 0 Å². The number of nitrogens with one attached hydrogen (secondary N) is 1. The molecule has 0 fully saturated rings. The van der Waals surface area contributed by atoms with Crippen LogP contribution in [0.1, 0.15) is 24.5 Å². The van der Waals surface area contributed by atoms with Crippen LogP contribution in [0.2, 0.25) is 0 Å². The van der Waals surface area contributed by atoms with Gasteiger partial charge in [0.2, 0.25) is 0 Å². The Morgan fingerprint density at radius 3 is 2.83 bits per heavy atom. The molecular formula is C15H19NS2. The minimum atomic E-state index is 0.976. The van der Waals surface area contributed by atoms with E-state index in [4.69, 9.17) is 0 Å². The smallest absolute Gasteiger partial charge is 0.0646 e.